The second kappa shape index (κ2) is 8.23. The van der Waals surface area contributed by atoms with E-state index in [1.807, 2.05) is 7.05 Å². The molecule has 1 N–H and O–H groups in total. The number of hydrogen-bond donors (Lipinski definition) is 1. The highest BCUT2D eigenvalue weighted by molar-refractivity contribution is 6.30. The lowest BCUT2D eigenvalue weighted by Gasteiger charge is -2.32. The SMILES string of the molecule is CC(C)C1CC(COc2ncc(C(=O)c3ccc(Cl)cc3)n2C)CCN1. The highest BCUT2D eigenvalue weighted by Crippen LogP contribution is 2.23. The van der Waals surface area contributed by atoms with Crippen molar-refractivity contribution in [1.29, 1.82) is 0 Å². The Labute approximate surface area is 159 Å². The van der Waals surface area contributed by atoms with E-state index in [4.69, 9.17) is 16.3 Å². The Morgan fingerprint density at radius 1 is 1.38 bits per heavy atom. The molecule has 0 radical (unpaired) electrons. The number of benzene rings is 1. The molecule has 0 aliphatic carbocycles. The number of carbonyl (C=O) groups is 1. The third-order valence-corrected chi connectivity index (χ3v) is 5.34. The molecule has 2 heterocycles. The Kier molecular flexibility index (Phi) is 5.99. The minimum atomic E-state index is -0.0896. The molecular weight excluding hydrogens is 350 g/mol. The van der Waals surface area contributed by atoms with Crippen LogP contribution in [0.1, 0.15) is 42.7 Å². The van der Waals surface area contributed by atoms with E-state index in [1.54, 1.807) is 35.0 Å². The molecular formula is C20H26ClN3O2. The number of aromatic nitrogens is 2. The molecule has 6 heteroatoms. The number of hydrogen-bond acceptors (Lipinski definition) is 4. The zero-order chi connectivity index (χ0) is 18.7. The van der Waals surface area contributed by atoms with Gasteiger partial charge in [0.15, 0.2) is 0 Å². The van der Waals surface area contributed by atoms with Gasteiger partial charge in [-0.05, 0) is 55.5 Å². The summed E-state index contributed by atoms with van der Waals surface area (Å²) < 4.78 is 7.66. The first-order valence-electron chi connectivity index (χ1n) is 9.14. The number of nitrogens with zero attached hydrogens (tertiary/aromatic N) is 2. The average Bonchev–Trinajstić information content (AvgIpc) is 3.01. The molecule has 1 fully saturated rings. The predicted octanol–water partition coefficient (Wildman–Crippen LogP) is 3.71. The van der Waals surface area contributed by atoms with Crippen LogP contribution in [0, 0.1) is 11.8 Å². The maximum Gasteiger partial charge on any atom is 0.296 e. The number of rotatable bonds is 6. The van der Waals surface area contributed by atoms with Gasteiger partial charge in [-0.1, -0.05) is 25.4 Å². The van der Waals surface area contributed by atoms with Gasteiger partial charge in [0, 0.05) is 23.7 Å². The summed E-state index contributed by atoms with van der Waals surface area (Å²) in [5, 5.41) is 4.18. The minimum Gasteiger partial charge on any atom is -0.464 e. The Bertz CT molecular complexity index is 755. The number of carbonyl (C=O) groups excluding carboxylic acids is 1. The zero-order valence-electron chi connectivity index (χ0n) is 15.5. The van der Waals surface area contributed by atoms with E-state index in [-0.39, 0.29) is 5.78 Å². The smallest absolute Gasteiger partial charge is 0.296 e. The lowest BCUT2D eigenvalue weighted by molar-refractivity contribution is 0.102. The summed E-state index contributed by atoms with van der Waals surface area (Å²) in [7, 11) is 1.81. The van der Waals surface area contributed by atoms with Crippen molar-refractivity contribution >= 4 is 17.4 Å². The van der Waals surface area contributed by atoms with Crippen molar-refractivity contribution in [2.75, 3.05) is 13.2 Å². The average molecular weight is 376 g/mol. The van der Waals surface area contributed by atoms with Gasteiger partial charge in [-0.15, -0.1) is 0 Å². The van der Waals surface area contributed by atoms with E-state index < -0.39 is 0 Å². The van der Waals surface area contributed by atoms with Gasteiger partial charge in [0.05, 0.1) is 12.8 Å². The van der Waals surface area contributed by atoms with Crippen molar-refractivity contribution in [3.05, 3.63) is 46.7 Å². The number of imidazole rings is 1. The van der Waals surface area contributed by atoms with Crippen LogP contribution in [-0.2, 0) is 7.05 Å². The summed E-state index contributed by atoms with van der Waals surface area (Å²) >= 11 is 5.89. The van der Waals surface area contributed by atoms with E-state index in [1.165, 1.54) is 0 Å². The van der Waals surface area contributed by atoms with Crippen LogP contribution >= 0.6 is 11.6 Å². The van der Waals surface area contributed by atoms with Crippen LogP contribution in [0.25, 0.3) is 0 Å². The van der Waals surface area contributed by atoms with Crippen molar-refractivity contribution in [2.45, 2.75) is 32.7 Å². The molecule has 26 heavy (non-hydrogen) atoms. The van der Waals surface area contributed by atoms with Crippen LogP contribution in [0.15, 0.2) is 30.5 Å². The highest BCUT2D eigenvalue weighted by Gasteiger charge is 2.25. The molecule has 2 aromatic rings. The van der Waals surface area contributed by atoms with Gasteiger partial charge in [-0.3, -0.25) is 9.36 Å². The quantitative estimate of drug-likeness (QED) is 0.782. The van der Waals surface area contributed by atoms with E-state index in [0.717, 1.165) is 19.4 Å². The number of nitrogens with one attached hydrogen (secondary N) is 1. The zero-order valence-corrected chi connectivity index (χ0v) is 16.3. The highest BCUT2D eigenvalue weighted by atomic mass is 35.5. The summed E-state index contributed by atoms with van der Waals surface area (Å²) in [4.78, 5) is 16.9. The third-order valence-electron chi connectivity index (χ3n) is 5.08. The van der Waals surface area contributed by atoms with Gasteiger partial charge < -0.3 is 10.1 Å². The molecule has 1 aromatic carbocycles. The molecule has 0 bridgehead atoms. The minimum absolute atomic E-state index is 0.0896. The Morgan fingerprint density at radius 3 is 2.81 bits per heavy atom. The second-order valence-electron chi connectivity index (χ2n) is 7.33. The number of piperidine rings is 1. The lowest BCUT2D eigenvalue weighted by atomic mass is 9.87. The predicted molar refractivity (Wildman–Crippen MR) is 103 cm³/mol. The molecule has 5 nitrogen and oxygen atoms in total. The van der Waals surface area contributed by atoms with Crippen LogP contribution in [0.3, 0.4) is 0 Å². The van der Waals surface area contributed by atoms with Gasteiger partial charge >= 0.3 is 0 Å². The summed E-state index contributed by atoms with van der Waals surface area (Å²) in [6, 6.07) is 7.90. The third kappa shape index (κ3) is 4.27. The largest absolute Gasteiger partial charge is 0.464 e. The fourth-order valence-electron chi connectivity index (χ4n) is 3.37. The van der Waals surface area contributed by atoms with Crippen LogP contribution < -0.4 is 10.1 Å². The first-order chi connectivity index (χ1) is 12.5. The maximum absolute atomic E-state index is 12.6. The van der Waals surface area contributed by atoms with Gasteiger partial charge in [0.2, 0.25) is 5.78 Å². The summed E-state index contributed by atoms with van der Waals surface area (Å²) in [6.07, 6.45) is 3.79. The van der Waals surface area contributed by atoms with Crippen molar-refractivity contribution in [3.8, 4) is 6.01 Å². The molecule has 140 valence electrons. The van der Waals surface area contributed by atoms with E-state index in [2.05, 4.69) is 24.1 Å². The van der Waals surface area contributed by atoms with Gasteiger partial charge in [0.1, 0.15) is 5.69 Å². The maximum atomic E-state index is 12.6. The monoisotopic (exact) mass is 375 g/mol. The van der Waals surface area contributed by atoms with Crippen LogP contribution in [0.5, 0.6) is 6.01 Å². The first-order valence-corrected chi connectivity index (χ1v) is 9.51. The molecule has 0 amide bonds. The molecule has 1 aliphatic rings. The van der Waals surface area contributed by atoms with Crippen LogP contribution in [0.4, 0.5) is 0 Å². The number of halogens is 1. The Balaban J connectivity index is 1.64. The standard InChI is InChI=1S/C20H26ClN3O2/c1-13(2)17-10-14(8-9-22-17)12-26-20-23-11-18(24(20)3)19(25)15-4-6-16(21)7-5-15/h4-7,11,13-14,17,22H,8-10,12H2,1-3H3. The van der Waals surface area contributed by atoms with Crippen molar-refractivity contribution in [3.63, 3.8) is 0 Å². The Hall–Kier alpha value is -1.85. The Morgan fingerprint density at radius 2 is 2.12 bits per heavy atom. The molecule has 1 aromatic heterocycles. The summed E-state index contributed by atoms with van der Waals surface area (Å²) in [5.41, 5.74) is 1.09. The van der Waals surface area contributed by atoms with Crippen LogP contribution in [-0.4, -0.2) is 34.5 Å². The molecule has 3 rings (SSSR count). The number of ketones is 1. The summed E-state index contributed by atoms with van der Waals surface area (Å²) in [5.74, 6) is 1.04. The normalized spacial score (nSPS) is 20.3. The molecule has 0 saturated carbocycles. The molecule has 2 atom stereocenters. The topological polar surface area (TPSA) is 56.1 Å². The van der Waals surface area contributed by atoms with E-state index in [0.29, 0.717) is 46.8 Å². The second-order valence-corrected chi connectivity index (χ2v) is 7.76. The summed E-state index contributed by atoms with van der Waals surface area (Å²) in [6.45, 7) is 6.14. The van der Waals surface area contributed by atoms with E-state index in [9.17, 15) is 4.79 Å². The molecule has 2 unspecified atom stereocenters. The van der Waals surface area contributed by atoms with Crippen molar-refractivity contribution < 1.29 is 9.53 Å². The molecule has 0 spiro atoms. The van der Waals surface area contributed by atoms with Gasteiger partial charge in [-0.2, -0.15) is 0 Å². The van der Waals surface area contributed by atoms with Gasteiger partial charge in [0.25, 0.3) is 6.01 Å². The number of ether oxygens (including phenoxy) is 1. The van der Waals surface area contributed by atoms with Crippen molar-refractivity contribution in [2.24, 2.45) is 18.9 Å². The fraction of sp³-hybridized carbons (Fsp3) is 0.500. The fourth-order valence-corrected chi connectivity index (χ4v) is 3.50. The molecule has 1 saturated heterocycles. The lowest BCUT2D eigenvalue weighted by Crippen LogP contribution is -2.42. The first kappa shape index (κ1) is 18.9. The molecule has 1 aliphatic heterocycles. The van der Waals surface area contributed by atoms with Crippen LogP contribution in [0.2, 0.25) is 5.02 Å². The van der Waals surface area contributed by atoms with E-state index >= 15 is 0 Å². The van der Waals surface area contributed by atoms with Gasteiger partial charge in [-0.25, -0.2) is 4.98 Å². The van der Waals surface area contributed by atoms with Crippen molar-refractivity contribution in [1.82, 2.24) is 14.9 Å².